The molecule has 0 bridgehead atoms. The Hall–Kier alpha value is -2.51. The largest absolute Gasteiger partial charge is 0.451 e. The lowest BCUT2D eigenvalue weighted by Gasteiger charge is -2.18. The number of ketones is 1. The van der Waals surface area contributed by atoms with Crippen LogP contribution in [0.15, 0.2) is 47.4 Å². The summed E-state index contributed by atoms with van der Waals surface area (Å²) < 4.78 is 31.7. The lowest BCUT2D eigenvalue weighted by molar-refractivity contribution is 0.0318. The van der Waals surface area contributed by atoms with Crippen LogP contribution in [-0.2, 0) is 14.8 Å². The number of hydrogen-bond acceptors (Lipinski definition) is 5. The summed E-state index contributed by atoms with van der Waals surface area (Å²) >= 11 is 0. The second-order valence-electron chi connectivity index (χ2n) is 6.84. The Balaban J connectivity index is 2.15. The first-order valence-corrected chi connectivity index (χ1v) is 11.0. The van der Waals surface area contributed by atoms with Crippen molar-refractivity contribution < 1.29 is 22.7 Å². The molecule has 1 atom stereocenters. The zero-order valence-electron chi connectivity index (χ0n) is 17.4. The number of benzene rings is 2. The molecule has 0 saturated carbocycles. The van der Waals surface area contributed by atoms with Gasteiger partial charge in [-0.05, 0) is 56.7 Å². The van der Waals surface area contributed by atoms with E-state index in [1.165, 1.54) is 35.5 Å². The smallest absolute Gasteiger partial charge is 0.338 e. The number of nitrogens with zero attached hydrogens (tertiary/aromatic N) is 1. The molecular weight excluding hydrogens is 390 g/mol. The summed E-state index contributed by atoms with van der Waals surface area (Å²) in [5.74, 6) is -0.955. The van der Waals surface area contributed by atoms with Gasteiger partial charge >= 0.3 is 5.97 Å². The molecule has 0 radical (unpaired) electrons. The van der Waals surface area contributed by atoms with E-state index in [2.05, 4.69) is 0 Å². The van der Waals surface area contributed by atoms with Gasteiger partial charge in [0.05, 0.1) is 10.5 Å². The molecule has 0 aliphatic heterocycles. The second-order valence-corrected chi connectivity index (χ2v) is 8.78. The first kappa shape index (κ1) is 22.8. The highest BCUT2D eigenvalue weighted by molar-refractivity contribution is 7.89. The number of rotatable bonds is 8. The summed E-state index contributed by atoms with van der Waals surface area (Å²) in [4.78, 5) is 25.2. The Labute approximate surface area is 172 Å². The van der Waals surface area contributed by atoms with Crippen LogP contribution < -0.4 is 0 Å². The Morgan fingerprint density at radius 2 is 1.59 bits per heavy atom. The maximum atomic E-state index is 12.6. The van der Waals surface area contributed by atoms with Gasteiger partial charge in [-0.25, -0.2) is 13.2 Å². The summed E-state index contributed by atoms with van der Waals surface area (Å²) in [5, 5.41) is 0. The minimum atomic E-state index is -3.60. The Morgan fingerprint density at radius 3 is 2.14 bits per heavy atom. The molecule has 2 aromatic rings. The molecule has 156 valence electrons. The Morgan fingerprint density at radius 1 is 1.00 bits per heavy atom. The molecule has 2 aromatic carbocycles. The van der Waals surface area contributed by atoms with E-state index in [1.807, 2.05) is 26.0 Å². The fraction of sp³-hybridized carbons (Fsp3) is 0.364. The predicted octanol–water partition coefficient (Wildman–Crippen LogP) is 3.76. The van der Waals surface area contributed by atoms with Crippen molar-refractivity contribution in [1.29, 1.82) is 0 Å². The van der Waals surface area contributed by atoms with Gasteiger partial charge < -0.3 is 4.74 Å². The Kier molecular flexibility index (Phi) is 7.32. The lowest BCUT2D eigenvalue weighted by Crippen LogP contribution is -2.30. The van der Waals surface area contributed by atoms with Gasteiger partial charge in [0.2, 0.25) is 15.8 Å². The van der Waals surface area contributed by atoms with Crippen LogP contribution in [0.2, 0.25) is 0 Å². The highest BCUT2D eigenvalue weighted by Gasteiger charge is 2.24. The molecule has 2 rings (SSSR count). The van der Waals surface area contributed by atoms with Crippen molar-refractivity contribution in [3.63, 3.8) is 0 Å². The molecule has 6 nitrogen and oxygen atoms in total. The van der Waals surface area contributed by atoms with E-state index in [0.717, 1.165) is 11.1 Å². The molecule has 0 heterocycles. The summed E-state index contributed by atoms with van der Waals surface area (Å²) in [6.45, 7) is 9.50. The van der Waals surface area contributed by atoms with Gasteiger partial charge in [0.1, 0.15) is 0 Å². The predicted molar refractivity (Wildman–Crippen MR) is 112 cm³/mol. The van der Waals surface area contributed by atoms with Crippen LogP contribution in [0.25, 0.3) is 0 Å². The summed E-state index contributed by atoms with van der Waals surface area (Å²) in [5.41, 5.74) is 2.46. The van der Waals surface area contributed by atoms with Crippen LogP contribution >= 0.6 is 0 Å². The highest BCUT2D eigenvalue weighted by Crippen LogP contribution is 2.18. The molecule has 0 unspecified atom stereocenters. The number of ether oxygens (including phenoxy) is 1. The van der Waals surface area contributed by atoms with Gasteiger partial charge in [-0.3, -0.25) is 4.79 Å². The zero-order valence-corrected chi connectivity index (χ0v) is 18.2. The van der Waals surface area contributed by atoms with Gasteiger partial charge in [0.15, 0.2) is 6.10 Å². The molecule has 29 heavy (non-hydrogen) atoms. The third kappa shape index (κ3) is 5.10. The van der Waals surface area contributed by atoms with Crippen molar-refractivity contribution in [3.8, 4) is 0 Å². The van der Waals surface area contributed by atoms with Crippen LogP contribution in [0.1, 0.15) is 52.6 Å². The fourth-order valence-electron chi connectivity index (χ4n) is 2.98. The van der Waals surface area contributed by atoms with Crippen molar-refractivity contribution in [2.45, 2.75) is 45.6 Å². The molecule has 0 aromatic heterocycles. The monoisotopic (exact) mass is 417 g/mol. The van der Waals surface area contributed by atoms with E-state index in [4.69, 9.17) is 4.74 Å². The van der Waals surface area contributed by atoms with Crippen molar-refractivity contribution in [2.24, 2.45) is 0 Å². The molecular formula is C22H27NO5S. The maximum absolute atomic E-state index is 12.6. The molecule has 7 heteroatoms. The van der Waals surface area contributed by atoms with E-state index in [1.54, 1.807) is 19.9 Å². The third-order valence-electron chi connectivity index (χ3n) is 4.74. The van der Waals surface area contributed by atoms with Gasteiger partial charge in [-0.2, -0.15) is 4.31 Å². The van der Waals surface area contributed by atoms with E-state index < -0.39 is 22.1 Å². The second kappa shape index (κ2) is 9.33. The van der Waals surface area contributed by atoms with Gasteiger partial charge in [0, 0.05) is 18.7 Å². The first-order chi connectivity index (χ1) is 13.6. The number of aryl methyl sites for hydroxylation is 2. The summed E-state index contributed by atoms with van der Waals surface area (Å²) in [6, 6.07) is 11.1. The van der Waals surface area contributed by atoms with Crippen molar-refractivity contribution >= 4 is 21.8 Å². The number of sulfonamides is 1. The minimum Gasteiger partial charge on any atom is -0.451 e. The summed E-state index contributed by atoms with van der Waals surface area (Å²) in [6.07, 6.45) is -0.956. The third-order valence-corrected chi connectivity index (χ3v) is 6.81. The molecule has 0 N–H and O–H groups in total. The van der Waals surface area contributed by atoms with Crippen LogP contribution in [0, 0.1) is 13.8 Å². The molecule has 0 amide bonds. The normalized spacial score (nSPS) is 12.6. The van der Waals surface area contributed by atoms with E-state index >= 15 is 0 Å². The van der Waals surface area contributed by atoms with Crippen molar-refractivity contribution in [1.82, 2.24) is 4.31 Å². The summed E-state index contributed by atoms with van der Waals surface area (Å²) in [7, 11) is -3.60. The standard InChI is InChI=1S/C22H27NO5S/c1-6-23(7-2)29(26,27)19-12-10-18(11-13-19)22(25)28-17(5)21(24)20-14-15(3)8-9-16(20)4/h8-14,17H,6-7H2,1-5H3/t17-/m1/s1. The average Bonchev–Trinajstić information content (AvgIpc) is 2.70. The number of Topliss-reactive ketones (excluding diaryl/α,β-unsaturated/α-hetero) is 1. The van der Waals surface area contributed by atoms with Crippen molar-refractivity contribution in [2.75, 3.05) is 13.1 Å². The van der Waals surface area contributed by atoms with Gasteiger partial charge in [-0.1, -0.05) is 31.5 Å². The average molecular weight is 418 g/mol. The van der Waals surface area contributed by atoms with Crippen LogP contribution in [0.5, 0.6) is 0 Å². The van der Waals surface area contributed by atoms with Crippen LogP contribution in [0.3, 0.4) is 0 Å². The number of esters is 1. The molecule has 0 fully saturated rings. The number of carbonyl (C=O) groups excluding carboxylic acids is 2. The van der Waals surface area contributed by atoms with Gasteiger partial charge in [-0.15, -0.1) is 0 Å². The molecule has 0 aliphatic carbocycles. The van der Waals surface area contributed by atoms with E-state index in [9.17, 15) is 18.0 Å². The maximum Gasteiger partial charge on any atom is 0.338 e. The molecule has 0 aliphatic rings. The highest BCUT2D eigenvalue weighted by atomic mass is 32.2. The zero-order chi connectivity index (χ0) is 21.8. The minimum absolute atomic E-state index is 0.109. The SMILES string of the molecule is CCN(CC)S(=O)(=O)c1ccc(C(=O)O[C@H](C)C(=O)c2cc(C)ccc2C)cc1. The number of carbonyl (C=O) groups is 2. The van der Waals surface area contributed by atoms with E-state index in [-0.39, 0.29) is 16.2 Å². The van der Waals surface area contributed by atoms with Gasteiger partial charge in [0.25, 0.3) is 0 Å². The Bertz CT molecular complexity index is 992. The quantitative estimate of drug-likeness (QED) is 0.483. The van der Waals surface area contributed by atoms with Crippen LogP contribution in [0.4, 0.5) is 0 Å². The van der Waals surface area contributed by atoms with Crippen LogP contribution in [-0.4, -0.2) is 43.7 Å². The van der Waals surface area contributed by atoms with E-state index in [0.29, 0.717) is 18.7 Å². The topological polar surface area (TPSA) is 80.8 Å². The molecule has 0 saturated heterocycles. The fourth-order valence-corrected chi connectivity index (χ4v) is 4.44. The lowest BCUT2D eigenvalue weighted by atomic mass is 9.99. The molecule has 0 spiro atoms. The van der Waals surface area contributed by atoms with Crippen molar-refractivity contribution in [3.05, 3.63) is 64.7 Å². The number of hydrogen-bond donors (Lipinski definition) is 0. The first-order valence-electron chi connectivity index (χ1n) is 9.54.